The third-order valence-electron chi connectivity index (χ3n) is 5.51. The number of nitrogens with zero attached hydrogens (tertiary/aromatic N) is 2. The number of hydrogen-bond donors (Lipinski definition) is 1. The molecule has 3 aromatic carbocycles. The summed E-state index contributed by atoms with van der Waals surface area (Å²) in [5.74, 6) is 0.882. The fourth-order valence-corrected chi connectivity index (χ4v) is 3.75. The summed E-state index contributed by atoms with van der Waals surface area (Å²) in [6.07, 6.45) is 3.46. The summed E-state index contributed by atoms with van der Waals surface area (Å²) < 4.78 is 7.56. The second-order valence-electron chi connectivity index (χ2n) is 8.09. The molecule has 164 valence electrons. The van der Waals surface area contributed by atoms with Crippen LogP contribution in [0, 0.1) is 0 Å². The van der Waals surface area contributed by atoms with Crippen LogP contribution >= 0.6 is 0 Å². The van der Waals surface area contributed by atoms with Crippen molar-refractivity contribution in [3.8, 4) is 5.75 Å². The Morgan fingerprint density at radius 1 is 0.938 bits per heavy atom. The average molecular weight is 428 g/mol. The zero-order chi connectivity index (χ0) is 22.2. The summed E-state index contributed by atoms with van der Waals surface area (Å²) in [6.45, 7) is 4.26. The Bertz CT molecular complexity index is 1190. The Morgan fingerprint density at radius 2 is 1.69 bits per heavy atom. The molecule has 1 unspecified atom stereocenters. The minimum absolute atomic E-state index is 0.0261. The lowest BCUT2D eigenvalue weighted by Crippen LogP contribution is -2.30. The Kier molecular flexibility index (Phi) is 7.31. The van der Waals surface area contributed by atoms with Crippen molar-refractivity contribution in [2.45, 2.75) is 39.0 Å². The number of hydrogen-bond acceptors (Lipinski definition) is 4. The van der Waals surface area contributed by atoms with Gasteiger partial charge in [-0.1, -0.05) is 54.6 Å². The number of aromatic nitrogens is 2. The molecule has 0 saturated heterocycles. The fourth-order valence-electron chi connectivity index (χ4n) is 3.75. The summed E-state index contributed by atoms with van der Waals surface area (Å²) in [5, 5.41) is 4.23. The van der Waals surface area contributed by atoms with Crippen molar-refractivity contribution in [2.24, 2.45) is 0 Å². The lowest BCUT2D eigenvalue weighted by atomic mass is 10.1. The van der Waals surface area contributed by atoms with E-state index >= 15 is 0 Å². The lowest BCUT2D eigenvalue weighted by molar-refractivity contribution is 0.306. The molecule has 1 heterocycles. The van der Waals surface area contributed by atoms with Crippen molar-refractivity contribution in [2.75, 3.05) is 6.54 Å². The van der Waals surface area contributed by atoms with E-state index in [4.69, 9.17) is 4.74 Å². The standard InChI is InChI=1S/C27H29N3O2/c1-21(18-22-12-14-24(15-13-22)32-19-23-8-3-2-4-9-23)28-16-7-17-30-20-29-26-11-6-5-10-25(26)27(30)31/h2-6,8-15,20-21,28H,7,16-19H2,1H3. The Hall–Kier alpha value is -3.44. The minimum atomic E-state index is 0.0261. The molecule has 1 aromatic heterocycles. The van der Waals surface area contributed by atoms with Gasteiger partial charge in [0.25, 0.3) is 5.56 Å². The largest absolute Gasteiger partial charge is 0.489 e. The first-order valence-electron chi connectivity index (χ1n) is 11.1. The van der Waals surface area contributed by atoms with Crippen LogP contribution in [0.4, 0.5) is 0 Å². The molecule has 0 aliphatic rings. The van der Waals surface area contributed by atoms with Gasteiger partial charge < -0.3 is 10.1 Å². The van der Waals surface area contributed by atoms with Crippen LogP contribution in [0.5, 0.6) is 5.75 Å². The first-order valence-corrected chi connectivity index (χ1v) is 11.1. The third kappa shape index (κ3) is 5.83. The van der Waals surface area contributed by atoms with E-state index in [2.05, 4.69) is 41.5 Å². The van der Waals surface area contributed by atoms with Crippen LogP contribution in [-0.2, 0) is 19.6 Å². The van der Waals surface area contributed by atoms with Gasteiger partial charge in [0.05, 0.1) is 17.2 Å². The highest BCUT2D eigenvalue weighted by atomic mass is 16.5. The van der Waals surface area contributed by atoms with Crippen LogP contribution in [0.3, 0.4) is 0 Å². The molecule has 32 heavy (non-hydrogen) atoms. The van der Waals surface area contributed by atoms with E-state index in [0.717, 1.165) is 36.2 Å². The van der Waals surface area contributed by atoms with Crippen molar-refractivity contribution in [3.05, 3.63) is 107 Å². The average Bonchev–Trinajstić information content (AvgIpc) is 2.83. The van der Waals surface area contributed by atoms with Gasteiger partial charge in [-0.2, -0.15) is 0 Å². The lowest BCUT2D eigenvalue weighted by Gasteiger charge is -2.15. The van der Waals surface area contributed by atoms with Gasteiger partial charge in [0.1, 0.15) is 12.4 Å². The molecular formula is C27H29N3O2. The number of para-hydroxylation sites is 1. The summed E-state index contributed by atoms with van der Waals surface area (Å²) in [4.78, 5) is 16.9. The Morgan fingerprint density at radius 3 is 2.50 bits per heavy atom. The highest BCUT2D eigenvalue weighted by Crippen LogP contribution is 2.15. The van der Waals surface area contributed by atoms with Gasteiger partial charge in [-0.3, -0.25) is 9.36 Å². The predicted molar refractivity (Wildman–Crippen MR) is 129 cm³/mol. The monoisotopic (exact) mass is 427 g/mol. The van der Waals surface area contributed by atoms with Crippen LogP contribution in [-0.4, -0.2) is 22.1 Å². The normalized spacial score (nSPS) is 12.0. The van der Waals surface area contributed by atoms with Gasteiger partial charge in [-0.25, -0.2) is 4.98 Å². The molecule has 0 saturated carbocycles. The number of nitrogens with one attached hydrogen (secondary N) is 1. The molecule has 5 nitrogen and oxygen atoms in total. The molecule has 0 aliphatic carbocycles. The summed E-state index contributed by atoms with van der Waals surface area (Å²) in [6, 6.07) is 26.3. The number of fused-ring (bicyclic) bond motifs is 1. The van der Waals surface area contributed by atoms with E-state index in [-0.39, 0.29) is 5.56 Å². The van der Waals surface area contributed by atoms with Crippen molar-refractivity contribution >= 4 is 10.9 Å². The highest BCUT2D eigenvalue weighted by molar-refractivity contribution is 5.76. The molecule has 4 rings (SSSR count). The Balaban J connectivity index is 1.20. The van der Waals surface area contributed by atoms with Crippen LogP contribution in [0.1, 0.15) is 24.5 Å². The van der Waals surface area contributed by atoms with Crippen LogP contribution in [0.15, 0.2) is 90.0 Å². The second-order valence-corrected chi connectivity index (χ2v) is 8.09. The molecule has 0 spiro atoms. The highest BCUT2D eigenvalue weighted by Gasteiger charge is 2.06. The quantitative estimate of drug-likeness (QED) is 0.376. The van der Waals surface area contributed by atoms with Crippen LogP contribution in [0.2, 0.25) is 0 Å². The zero-order valence-corrected chi connectivity index (χ0v) is 18.4. The predicted octanol–water partition coefficient (Wildman–Crippen LogP) is 4.59. The van der Waals surface area contributed by atoms with Crippen molar-refractivity contribution in [3.63, 3.8) is 0 Å². The van der Waals surface area contributed by atoms with E-state index in [0.29, 0.717) is 24.6 Å². The van der Waals surface area contributed by atoms with Gasteiger partial charge in [0.15, 0.2) is 0 Å². The SMILES string of the molecule is CC(Cc1ccc(OCc2ccccc2)cc1)NCCCn1cnc2ccccc2c1=O. The van der Waals surface area contributed by atoms with Crippen LogP contribution in [0.25, 0.3) is 10.9 Å². The molecule has 0 radical (unpaired) electrons. The summed E-state index contributed by atoms with van der Waals surface area (Å²) in [7, 11) is 0. The molecule has 0 bridgehead atoms. The molecule has 0 amide bonds. The van der Waals surface area contributed by atoms with Gasteiger partial charge >= 0.3 is 0 Å². The topological polar surface area (TPSA) is 56.1 Å². The third-order valence-corrected chi connectivity index (χ3v) is 5.51. The maximum absolute atomic E-state index is 12.5. The number of rotatable bonds is 10. The number of ether oxygens (including phenoxy) is 1. The number of aryl methyl sites for hydroxylation is 1. The van der Waals surface area contributed by atoms with E-state index in [1.807, 2.05) is 54.6 Å². The summed E-state index contributed by atoms with van der Waals surface area (Å²) >= 11 is 0. The van der Waals surface area contributed by atoms with E-state index in [9.17, 15) is 4.79 Å². The Labute approximate surface area is 188 Å². The van der Waals surface area contributed by atoms with E-state index < -0.39 is 0 Å². The smallest absolute Gasteiger partial charge is 0.261 e. The van der Waals surface area contributed by atoms with Crippen LogP contribution < -0.4 is 15.6 Å². The molecule has 1 atom stereocenters. The van der Waals surface area contributed by atoms with Crippen molar-refractivity contribution in [1.29, 1.82) is 0 Å². The maximum Gasteiger partial charge on any atom is 0.261 e. The zero-order valence-electron chi connectivity index (χ0n) is 18.4. The first-order chi connectivity index (χ1) is 15.7. The molecule has 5 heteroatoms. The molecular weight excluding hydrogens is 398 g/mol. The van der Waals surface area contributed by atoms with Gasteiger partial charge in [0, 0.05) is 12.6 Å². The molecule has 0 aliphatic heterocycles. The van der Waals surface area contributed by atoms with Crippen molar-refractivity contribution in [1.82, 2.24) is 14.9 Å². The van der Waals surface area contributed by atoms with Crippen molar-refractivity contribution < 1.29 is 4.74 Å². The second kappa shape index (κ2) is 10.7. The minimum Gasteiger partial charge on any atom is -0.489 e. The molecule has 1 N–H and O–H groups in total. The number of benzene rings is 3. The molecule has 4 aromatic rings. The van der Waals surface area contributed by atoms with E-state index in [1.165, 1.54) is 5.56 Å². The summed E-state index contributed by atoms with van der Waals surface area (Å²) in [5.41, 5.74) is 3.21. The fraction of sp³-hybridized carbons (Fsp3) is 0.259. The maximum atomic E-state index is 12.5. The van der Waals surface area contributed by atoms with E-state index in [1.54, 1.807) is 10.9 Å². The first kappa shape index (κ1) is 21.8. The van der Waals surface area contributed by atoms with Gasteiger partial charge in [-0.15, -0.1) is 0 Å². The van der Waals surface area contributed by atoms with Gasteiger partial charge in [-0.05, 0) is 61.7 Å². The van der Waals surface area contributed by atoms with Gasteiger partial charge in [0.2, 0.25) is 0 Å². The molecule has 0 fully saturated rings.